The van der Waals surface area contributed by atoms with Crippen molar-refractivity contribution >= 4 is 19.4 Å². The molecule has 1 saturated carbocycles. The summed E-state index contributed by atoms with van der Waals surface area (Å²) in [7, 11) is 2.40. The van der Waals surface area contributed by atoms with Gasteiger partial charge in [0, 0.05) is 0 Å². The zero-order chi connectivity index (χ0) is 12.1. The number of rotatable bonds is 1. The molecule has 17 heavy (non-hydrogen) atoms. The molecule has 0 radical (unpaired) electrons. The Labute approximate surface area is 110 Å². The van der Waals surface area contributed by atoms with Crippen molar-refractivity contribution in [1.29, 1.82) is 0 Å². The minimum atomic E-state index is 0.295. The van der Waals surface area contributed by atoms with Gasteiger partial charge >= 0.3 is 0 Å². The van der Waals surface area contributed by atoms with Gasteiger partial charge < -0.3 is 0 Å². The Bertz CT molecular complexity index is 341. The standard InChI is InChI=1S/C13H23BN2S/c1-11-15-12(17-16-11)13(14)9-7-5-3-2-4-6-8-10-13/h2-10,14H2,1H3. The number of aromatic nitrogens is 2. The zero-order valence-electron chi connectivity index (χ0n) is 11.2. The van der Waals surface area contributed by atoms with E-state index in [-0.39, 0.29) is 0 Å². The van der Waals surface area contributed by atoms with Crippen molar-refractivity contribution in [3.05, 3.63) is 10.8 Å². The van der Waals surface area contributed by atoms with E-state index in [0.717, 1.165) is 5.82 Å². The van der Waals surface area contributed by atoms with Crippen molar-refractivity contribution in [2.75, 3.05) is 0 Å². The van der Waals surface area contributed by atoms with Crippen molar-refractivity contribution in [1.82, 2.24) is 9.36 Å². The van der Waals surface area contributed by atoms with Gasteiger partial charge in [0.1, 0.15) is 18.7 Å². The topological polar surface area (TPSA) is 25.8 Å². The molecule has 4 heteroatoms. The summed E-state index contributed by atoms with van der Waals surface area (Å²) in [4.78, 5) is 4.64. The van der Waals surface area contributed by atoms with Gasteiger partial charge in [-0.25, -0.2) is 4.98 Å². The molecule has 0 aromatic carbocycles. The van der Waals surface area contributed by atoms with E-state index in [4.69, 9.17) is 0 Å². The van der Waals surface area contributed by atoms with Crippen LogP contribution in [-0.4, -0.2) is 17.2 Å². The fourth-order valence-corrected chi connectivity index (χ4v) is 3.65. The Morgan fingerprint density at radius 3 is 2.00 bits per heavy atom. The molecule has 2 nitrogen and oxygen atoms in total. The second-order valence-electron chi connectivity index (χ2n) is 5.68. The highest BCUT2D eigenvalue weighted by Gasteiger charge is 2.29. The molecule has 1 aliphatic carbocycles. The number of hydrogen-bond donors (Lipinski definition) is 0. The van der Waals surface area contributed by atoms with E-state index < -0.39 is 0 Å². The average molecular weight is 250 g/mol. The summed E-state index contributed by atoms with van der Waals surface area (Å²) < 4.78 is 4.36. The molecule has 0 unspecified atom stereocenters. The molecule has 0 aliphatic heterocycles. The van der Waals surface area contributed by atoms with Crippen LogP contribution in [0.4, 0.5) is 0 Å². The van der Waals surface area contributed by atoms with Gasteiger partial charge in [-0.05, 0) is 36.6 Å². The molecule has 1 aromatic heterocycles. The number of nitrogens with zero attached hydrogens (tertiary/aromatic N) is 2. The molecule has 2 rings (SSSR count). The average Bonchev–Trinajstić information content (AvgIpc) is 2.75. The van der Waals surface area contributed by atoms with Crippen molar-refractivity contribution in [3.8, 4) is 0 Å². The maximum atomic E-state index is 4.64. The van der Waals surface area contributed by atoms with Gasteiger partial charge in [0.15, 0.2) is 0 Å². The molecule has 1 aliphatic rings. The second kappa shape index (κ2) is 5.99. The highest BCUT2D eigenvalue weighted by atomic mass is 32.1. The van der Waals surface area contributed by atoms with Crippen LogP contribution in [-0.2, 0) is 5.31 Å². The lowest BCUT2D eigenvalue weighted by molar-refractivity contribution is 0.424. The molecule has 1 fully saturated rings. The molecule has 1 heterocycles. The maximum Gasteiger partial charge on any atom is 0.139 e. The normalized spacial score (nSPS) is 22.2. The third-order valence-electron chi connectivity index (χ3n) is 4.00. The summed E-state index contributed by atoms with van der Waals surface area (Å²) in [5.41, 5.74) is 0. The first kappa shape index (κ1) is 13.1. The van der Waals surface area contributed by atoms with Gasteiger partial charge in [0.2, 0.25) is 0 Å². The summed E-state index contributed by atoms with van der Waals surface area (Å²) in [6, 6.07) is 0. The smallest absolute Gasteiger partial charge is 0.139 e. The van der Waals surface area contributed by atoms with Crippen LogP contribution in [0.5, 0.6) is 0 Å². The highest BCUT2D eigenvalue weighted by Crippen LogP contribution is 2.34. The first-order chi connectivity index (χ1) is 8.21. The van der Waals surface area contributed by atoms with Gasteiger partial charge in [-0.2, -0.15) is 4.37 Å². The molecule has 94 valence electrons. The monoisotopic (exact) mass is 250 g/mol. The molecule has 0 N–H and O–H groups in total. The number of hydrogen-bond acceptors (Lipinski definition) is 3. The Morgan fingerprint density at radius 2 is 1.53 bits per heavy atom. The maximum absolute atomic E-state index is 4.64. The van der Waals surface area contributed by atoms with Crippen molar-refractivity contribution in [2.24, 2.45) is 0 Å². The lowest BCUT2D eigenvalue weighted by Crippen LogP contribution is -2.27. The first-order valence-electron chi connectivity index (χ1n) is 7.01. The molecule has 1 aromatic rings. The van der Waals surface area contributed by atoms with Crippen LogP contribution in [0.1, 0.15) is 68.6 Å². The van der Waals surface area contributed by atoms with Crippen molar-refractivity contribution in [3.63, 3.8) is 0 Å². The molecular formula is C13H23BN2S. The van der Waals surface area contributed by atoms with Crippen molar-refractivity contribution < 1.29 is 0 Å². The van der Waals surface area contributed by atoms with E-state index in [2.05, 4.69) is 17.2 Å². The fourth-order valence-electron chi connectivity index (χ4n) is 2.80. The summed E-state index contributed by atoms with van der Waals surface area (Å²) >= 11 is 1.62. The summed E-state index contributed by atoms with van der Waals surface area (Å²) in [5.74, 6) is 0.948. The summed E-state index contributed by atoms with van der Waals surface area (Å²) in [6.07, 6.45) is 12.4. The SMILES string of the molecule is BC1(c2nc(C)ns2)CCCCCCCCC1. The molecule has 0 saturated heterocycles. The zero-order valence-corrected chi connectivity index (χ0v) is 12.0. The molecule has 0 atom stereocenters. The predicted molar refractivity (Wildman–Crippen MR) is 76.4 cm³/mol. The van der Waals surface area contributed by atoms with Gasteiger partial charge in [-0.1, -0.05) is 44.9 Å². The van der Waals surface area contributed by atoms with Crippen molar-refractivity contribution in [2.45, 2.75) is 70.0 Å². The van der Waals surface area contributed by atoms with E-state index in [1.54, 1.807) is 11.5 Å². The predicted octanol–water partition coefficient (Wildman–Crippen LogP) is 3.20. The summed E-state index contributed by atoms with van der Waals surface area (Å²) in [5, 5.41) is 1.57. The van der Waals surface area contributed by atoms with Crippen LogP contribution in [0.15, 0.2) is 0 Å². The van der Waals surface area contributed by atoms with E-state index in [0.29, 0.717) is 5.31 Å². The third kappa shape index (κ3) is 3.54. The van der Waals surface area contributed by atoms with Crippen LogP contribution < -0.4 is 0 Å². The molecule has 0 bridgehead atoms. The lowest BCUT2D eigenvalue weighted by Gasteiger charge is -2.28. The third-order valence-corrected chi connectivity index (χ3v) is 5.11. The van der Waals surface area contributed by atoms with Gasteiger partial charge in [0.25, 0.3) is 0 Å². The molecular weight excluding hydrogens is 227 g/mol. The van der Waals surface area contributed by atoms with Gasteiger partial charge in [-0.15, -0.1) is 0 Å². The number of aryl methyl sites for hydroxylation is 1. The Kier molecular flexibility index (Phi) is 4.60. The van der Waals surface area contributed by atoms with E-state index >= 15 is 0 Å². The lowest BCUT2D eigenvalue weighted by atomic mass is 9.63. The first-order valence-corrected chi connectivity index (χ1v) is 7.79. The fraction of sp³-hybridized carbons (Fsp3) is 0.846. The summed E-state index contributed by atoms with van der Waals surface area (Å²) in [6.45, 7) is 2.00. The minimum Gasteiger partial charge on any atom is -0.225 e. The highest BCUT2D eigenvalue weighted by molar-refractivity contribution is 7.05. The van der Waals surface area contributed by atoms with Crippen LogP contribution in [0.25, 0.3) is 0 Å². The molecule has 0 spiro atoms. The molecule has 0 amide bonds. The second-order valence-corrected chi connectivity index (χ2v) is 6.43. The Balaban J connectivity index is 2.07. The van der Waals surface area contributed by atoms with Crippen LogP contribution in [0.3, 0.4) is 0 Å². The Morgan fingerprint density at radius 1 is 1.00 bits per heavy atom. The van der Waals surface area contributed by atoms with Gasteiger partial charge in [0.05, 0.1) is 0 Å². The largest absolute Gasteiger partial charge is 0.225 e. The minimum absolute atomic E-state index is 0.295. The van der Waals surface area contributed by atoms with E-state index in [1.807, 2.05) is 6.92 Å². The van der Waals surface area contributed by atoms with Gasteiger partial charge in [-0.3, -0.25) is 0 Å². The van der Waals surface area contributed by atoms with E-state index in [1.165, 1.54) is 62.8 Å². The van der Waals surface area contributed by atoms with Crippen LogP contribution in [0.2, 0.25) is 0 Å². The quantitative estimate of drug-likeness (QED) is 0.715. The van der Waals surface area contributed by atoms with Crippen LogP contribution in [0, 0.1) is 6.92 Å². The van der Waals surface area contributed by atoms with Crippen LogP contribution >= 0.6 is 11.5 Å². The Hall–Kier alpha value is -0.375. The van der Waals surface area contributed by atoms with E-state index in [9.17, 15) is 0 Å².